The molecule has 0 fully saturated rings. The Labute approximate surface area is 182 Å². The maximum atomic E-state index is 12.9. The minimum absolute atomic E-state index is 0.273. The van der Waals surface area contributed by atoms with Crippen molar-refractivity contribution in [3.63, 3.8) is 0 Å². The Hall–Kier alpha value is -1.97. The van der Waals surface area contributed by atoms with Gasteiger partial charge in [-0.1, -0.05) is 29.8 Å². The van der Waals surface area contributed by atoms with Gasteiger partial charge in [0.05, 0.1) is 11.4 Å². The van der Waals surface area contributed by atoms with Gasteiger partial charge in [0.1, 0.15) is 9.90 Å². The van der Waals surface area contributed by atoms with Gasteiger partial charge in [-0.15, -0.1) is 22.7 Å². The van der Waals surface area contributed by atoms with Crippen LogP contribution in [0.1, 0.15) is 10.6 Å². The van der Waals surface area contributed by atoms with E-state index < -0.39 is 10.0 Å². The lowest BCUT2D eigenvalue weighted by molar-refractivity contribution is 0.580. The molecule has 3 aromatic heterocycles. The summed E-state index contributed by atoms with van der Waals surface area (Å²) in [5.41, 5.74) is 3.24. The molecule has 0 aliphatic heterocycles. The molecule has 9 heteroatoms. The third-order valence-electron chi connectivity index (χ3n) is 4.66. The van der Waals surface area contributed by atoms with Crippen molar-refractivity contribution in [1.82, 2.24) is 14.3 Å². The van der Waals surface area contributed by atoms with Crippen LogP contribution in [0, 0.1) is 6.92 Å². The molecule has 1 N–H and O–H groups in total. The molecular weight excluding hydrogens is 446 g/mol. The van der Waals surface area contributed by atoms with Crippen molar-refractivity contribution in [1.29, 1.82) is 0 Å². The Kier molecular flexibility index (Phi) is 5.63. The quantitative estimate of drug-likeness (QED) is 0.421. The van der Waals surface area contributed by atoms with Gasteiger partial charge in [-0.05, 0) is 36.6 Å². The first-order valence-electron chi connectivity index (χ1n) is 8.75. The van der Waals surface area contributed by atoms with Gasteiger partial charge in [-0.2, -0.15) is 0 Å². The number of thiazole rings is 1. The Morgan fingerprint density at radius 2 is 1.93 bits per heavy atom. The minimum Gasteiger partial charge on any atom is -0.345 e. The monoisotopic (exact) mass is 463 g/mol. The topological polar surface area (TPSA) is 64.0 Å². The van der Waals surface area contributed by atoms with Crippen molar-refractivity contribution in [3.8, 4) is 22.0 Å². The molecule has 0 spiro atoms. The standard InChI is InChI=1S/C20H18ClN3O2S3/c1-13-19(29(25,26)22-11-16-4-3-9-27-16)10-18(24(13)2)20-23-17(12-28-20)14-5-7-15(21)8-6-14/h3-10,12,22H,11H2,1-2H3. The Balaban J connectivity index is 1.64. The fraction of sp³-hybridized carbons (Fsp3) is 0.150. The molecule has 150 valence electrons. The lowest BCUT2D eigenvalue weighted by atomic mass is 10.2. The summed E-state index contributed by atoms with van der Waals surface area (Å²) in [7, 11) is -1.78. The summed E-state index contributed by atoms with van der Waals surface area (Å²) in [6.45, 7) is 2.08. The molecule has 0 amide bonds. The SMILES string of the molecule is Cc1c(S(=O)(=O)NCc2cccs2)cc(-c2nc(-c3ccc(Cl)cc3)cs2)n1C. The van der Waals surface area contributed by atoms with Gasteiger partial charge in [0.15, 0.2) is 0 Å². The first kappa shape index (κ1) is 20.3. The average Bonchev–Trinajstić information content (AvgIpc) is 3.43. The van der Waals surface area contributed by atoms with Crippen molar-refractivity contribution in [2.24, 2.45) is 7.05 Å². The predicted molar refractivity (Wildman–Crippen MR) is 120 cm³/mol. The summed E-state index contributed by atoms with van der Waals surface area (Å²) in [5, 5.41) is 5.33. The largest absolute Gasteiger partial charge is 0.345 e. The normalized spacial score (nSPS) is 11.8. The molecule has 0 saturated carbocycles. The van der Waals surface area contributed by atoms with E-state index in [1.807, 2.05) is 58.8 Å². The molecule has 4 rings (SSSR count). The highest BCUT2D eigenvalue weighted by Crippen LogP contribution is 2.33. The van der Waals surface area contributed by atoms with Crippen LogP contribution < -0.4 is 4.72 Å². The zero-order chi connectivity index (χ0) is 20.6. The summed E-state index contributed by atoms with van der Waals surface area (Å²) in [4.78, 5) is 5.95. The highest BCUT2D eigenvalue weighted by atomic mass is 35.5. The van der Waals surface area contributed by atoms with E-state index in [1.54, 1.807) is 13.0 Å². The Morgan fingerprint density at radius 1 is 1.17 bits per heavy atom. The summed E-state index contributed by atoms with van der Waals surface area (Å²) >= 11 is 8.96. The van der Waals surface area contributed by atoms with E-state index in [0.717, 1.165) is 26.8 Å². The maximum Gasteiger partial charge on any atom is 0.242 e. The van der Waals surface area contributed by atoms with E-state index in [9.17, 15) is 8.42 Å². The molecule has 0 atom stereocenters. The number of nitrogens with zero attached hydrogens (tertiary/aromatic N) is 2. The van der Waals surface area contributed by atoms with E-state index in [1.165, 1.54) is 22.7 Å². The Bertz CT molecular complexity index is 1240. The number of halogens is 1. The first-order valence-corrected chi connectivity index (χ1v) is 12.4. The molecule has 3 heterocycles. The van der Waals surface area contributed by atoms with Gasteiger partial charge < -0.3 is 4.57 Å². The molecule has 0 bridgehead atoms. The van der Waals surface area contributed by atoms with Gasteiger partial charge in [-0.3, -0.25) is 0 Å². The van der Waals surface area contributed by atoms with Gasteiger partial charge in [0, 0.05) is 40.1 Å². The van der Waals surface area contributed by atoms with Crippen LogP contribution in [0.5, 0.6) is 0 Å². The van der Waals surface area contributed by atoms with E-state index in [2.05, 4.69) is 4.72 Å². The van der Waals surface area contributed by atoms with E-state index in [4.69, 9.17) is 16.6 Å². The molecule has 0 radical (unpaired) electrons. The van der Waals surface area contributed by atoms with Crippen LogP contribution in [0.3, 0.4) is 0 Å². The van der Waals surface area contributed by atoms with E-state index in [0.29, 0.717) is 10.7 Å². The smallest absolute Gasteiger partial charge is 0.242 e. The molecule has 0 saturated heterocycles. The molecule has 1 aromatic carbocycles. The van der Waals surface area contributed by atoms with E-state index in [-0.39, 0.29) is 11.4 Å². The molecule has 5 nitrogen and oxygen atoms in total. The van der Waals surface area contributed by atoms with Crippen molar-refractivity contribution < 1.29 is 8.42 Å². The highest BCUT2D eigenvalue weighted by molar-refractivity contribution is 7.89. The van der Waals surface area contributed by atoms with Gasteiger partial charge >= 0.3 is 0 Å². The van der Waals surface area contributed by atoms with Gasteiger partial charge in [0.25, 0.3) is 0 Å². The van der Waals surface area contributed by atoms with Crippen LogP contribution in [-0.2, 0) is 23.6 Å². The fourth-order valence-electron chi connectivity index (χ4n) is 2.95. The zero-order valence-corrected chi connectivity index (χ0v) is 18.9. The maximum absolute atomic E-state index is 12.9. The van der Waals surface area contributed by atoms with Crippen LogP contribution in [0.15, 0.2) is 58.1 Å². The number of sulfonamides is 1. The lowest BCUT2D eigenvalue weighted by Gasteiger charge is -2.06. The number of hydrogen-bond acceptors (Lipinski definition) is 5. The summed E-state index contributed by atoms with van der Waals surface area (Å²) in [6, 6.07) is 13.0. The Morgan fingerprint density at radius 3 is 2.62 bits per heavy atom. The second kappa shape index (κ2) is 8.04. The molecule has 0 aliphatic carbocycles. The summed E-state index contributed by atoms with van der Waals surface area (Å²) in [5.74, 6) is 0. The minimum atomic E-state index is -3.63. The number of hydrogen-bond donors (Lipinski definition) is 1. The number of nitrogens with one attached hydrogen (secondary N) is 1. The van der Waals surface area contributed by atoms with Gasteiger partial charge in [0.2, 0.25) is 10.0 Å². The number of benzene rings is 1. The summed E-state index contributed by atoms with van der Waals surface area (Å²) < 4.78 is 30.3. The summed E-state index contributed by atoms with van der Waals surface area (Å²) in [6.07, 6.45) is 0. The van der Waals surface area contributed by atoms with Crippen LogP contribution in [0.4, 0.5) is 0 Å². The van der Waals surface area contributed by atoms with Crippen molar-refractivity contribution in [2.45, 2.75) is 18.4 Å². The van der Waals surface area contributed by atoms with Crippen LogP contribution in [0.25, 0.3) is 22.0 Å². The molecule has 29 heavy (non-hydrogen) atoms. The fourth-order valence-corrected chi connectivity index (χ4v) is 5.99. The molecule has 4 aromatic rings. The first-order chi connectivity index (χ1) is 13.8. The van der Waals surface area contributed by atoms with Crippen molar-refractivity contribution in [3.05, 3.63) is 68.8 Å². The van der Waals surface area contributed by atoms with Gasteiger partial charge in [-0.25, -0.2) is 18.1 Å². The molecule has 0 unspecified atom stereocenters. The highest BCUT2D eigenvalue weighted by Gasteiger charge is 2.23. The molecule has 0 aliphatic rings. The van der Waals surface area contributed by atoms with E-state index >= 15 is 0 Å². The third-order valence-corrected chi connectivity index (χ3v) is 8.17. The van der Waals surface area contributed by atoms with Crippen LogP contribution in [-0.4, -0.2) is 18.0 Å². The molecular formula is C20H18ClN3O2S3. The lowest BCUT2D eigenvalue weighted by Crippen LogP contribution is -2.23. The number of rotatable bonds is 6. The number of aromatic nitrogens is 2. The second-order valence-electron chi connectivity index (χ2n) is 6.49. The van der Waals surface area contributed by atoms with Crippen LogP contribution in [0.2, 0.25) is 5.02 Å². The second-order valence-corrected chi connectivity index (χ2v) is 10.5. The third kappa shape index (κ3) is 4.17. The predicted octanol–water partition coefficient (Wildman–Crippen LogP) is 5.32. The number of thiophene rings is 1. The zero-order valence-electron chi connectivity index (χ0n) is 15.7. The van der Waals surface area contributed by atoms with Crippen LogP contribution >= 0.6 is 34.3 Å². The van der Waals surface area contributed by atoms with Crippen molar-refractivity contribution in [2.75, 3.05) is 0 Å². The van der Waals surface area contributed by atoms with Crippen molar-refractivity contribution >= 4 is 44.3 Å². The average molecular weight is 464 g/mol.